The van der Waals surface area contributed by atoms with Gasteiger partial charge >= 0.3 is 17.9 Å². The van der Waals surface area contributed by atoms with E-state index in [9.17, 15) is 14.4 Å². The van der Waals surface area contributed by atoms with Crippen LogP contribution in [-0.2, 0) is 28.6 Å². The van der Waals surface area contributed by atoms with Crippen molar-refractivity contribution in [2.24, 2.45) is 0 Å². The van der Waals surface area contributed by atoms with E-state index in [0.717, 1.165) is 96.3 Å². The number of esters is 3. The predicted molar refractivity (Wildman–Crippen MR) is 344 cm³/mol. The van der Waals surface area contributed by atoms with Gasteiger partial charge in [0, 0.05) is 19.3 Å². The molecule has 0 N–H and O–H groups in total. The lowest BCUT2D eigenvalue weighted by atomic mass is 10.0. The summed E-state index contributed by atoms with van der Waals surface area (Å²) < 4.78 is 16.9. The highest BCUT2D eigenvalue weighted by molar-refractivity contribution is 5.71. The molecule has 0 saturated carbocycles. The number of carbonyl (C=O) groups is 3. The molecule has 0 aliphatic heterocycles. The summed E-state index contributed by atoms with van der Waals surface area (Å²) in [6.45, 7) is 6.53. The molecule has 0 aromatic heterocycles. The van der Waals surface area contributed by atoms with E-state index < -0.39 is 6.10 Å². The van der Waals surface area contributed by atoms with Gasteiger partial charge in [0.1, 0.15) is 13.2 Å². The SMILES string of the molecule is CC/C=C\C/C=C\C/C=C\C/C=C\C/C=C\C/C=C\CCCCCCCCCCCCCCCCCCC(=O)OCC(COC(=O)CCCCCCCCCC)OC(=O)CCCCCCCCC/C=C\CCCCCCCCC. The second kappa shape index (κ2) is 67.1. The van der Waals surface area contributed by atoms with E-state index in [0.29, 0.717) is 19.3 Å². The van der Waals surface area contributed by atoms with Gasteiger partial charge in [-0.1, -0.05) is 311 Å². The second-order valence-electron chi connectivity index (χ2n) is 22.7. The first-order valence-corrected chi connectivity index (χ1v) is 34.1. The molecule has 1 atom stereocenters. The quantitative estimate of drug-likeness (QED) is 0.0261. The third-order valence-corrected chi connectivity index (χ3v) is 14.9. The van der Waals surface area contributed by atoms with Gasteiger partial charge in [-0.05, 0) is 96.3 Å². The largest absolute Gasteiger partial charge is 0.462 e. The second-order valence-corrected chi connectivity index (χ2v) is 22.7. The Kier molecular flexibility index (Phi) is 64.2. The Bertz CT molecular complexity index is 1500. The number of hydrogen-bond donors (Lipinski definition) is 0. The zero-order valence-corrected chi connectivity index (χ0v) is 52.4. The number of unbranched alkanes of at least 4 members (excludes halogenated alkanes) is 37. The molecule has 6 nitrogen and oxygen atoms in total. The summed E-state index contributed by atoms with van der Waals surface area (Å²) in [5.41, 5.74) is 0. The van der Waals surface area contributed by atoms with Crippen LogP contribution in [0.15, 0.2) is 85.1 Å². The van der Waals surface area contributed by atoms with Crippen LogP contribution < -0.4 is 0 Å². The fourth-order valence-corrected chi connectivity index (χ4v) is 9.80. The topological polar surface area (TPSA) is 78.9 Å². The van der Waals surface area contributed by atoms with Gasteiger partial charge in [-0.15, -0.1) is 0 Å². The monoisotopic (exact) mass is 1100 g/mol. The number of allylic oxidation sites excluding steroid dienone is 14. The normalized spacial score (nSPS) is 12.6. The molecule has 456 valence electrons. The molecule has 0 spiro atoms. The molecular weight excluding hydrogens is 973 g/mol. The number of hydrogen-bond acceptors (Lipinski definition) is 6. The van der Waals surface area contributed by atoms with Gasteiger partial charge in [0.2, 0.25) is 0 Å². The summed E-state index contributed by atoms with van der Waals surface area (Å²) in [6.07, 6.45) is 89.1. The minimum absolute atomic E-state index is 0.0729. The lowest BCUT2D eigenvalue weighted by Crippen LogP contribution is -2.30. The molecule has 0 fully saturated rings. The van der Waals surface area contributed by atoms with Crippen LogP contribution in [0.25, 0.3) is 0 Å². The molecular formula is C73H128O6. The standard InChI is InChI=1S/C73H128O6/c1-4-7-10-13-16-19-21-23-25-27-29-30-31-32-33-34-35-36-37-38-39-40-41-42-43-44-45-47-48-50-52-54-57-60-63-66-72(75)78-69-70(68-77-71(74)65-62-59-56-18-15-12-9-6-3)79-73(76)67-64-61-58-55-53-51-49-46-28-26-24-22-20-17-14-11-8-5-2/h7,10,16,19,23,25-26,28-30,32-33,35-36,70H,4-6,8-9,11-15,17-18,20-22,24,27,31,34,37-69H2,1-3H3/b10-7-,19-16-,25-23-,28-26-,30-29-,33-32-,36-35-. The van der Waals surface area contributed by atoms with E-state index >= 15 is 0 Å². The van der Waals surface area contributed by atoms with Gasteiger partial charge in [-0.25, -0.2) is 0 Å². The predicted octanol–water partition coefficient (Wildman–Crippen LogP) is 23.4. The Morgan fingerprint density at radius 3 is 0.785 bits per heavy atom. The molecule has 0 bridgehead atoms. The Hall–Kier alpha value is -3.41. The summed E-state index contributed by atoms with van der Waals surface area (Å²) in [5, 5.41) is 0. The Labute approximate surface area is 490 Å². The van der Waals surface area contributed by atoms with Crippen LogP contribution in [0.4, 0.5) is 0 Å². The number of carbonyl (C=O) groups excluding carboxylic acids is 3. The average molecular weight is 1100 g/mol. The third-order valence-electron chi connectivity index (χ3n) is 14.9. The van der Waals surface area contributed by atoms with Gasteiger partial charge in [-0.2, -0.15) is 0 Å². The van der Waals surface area contributed by atoms with Crippen molar-refractivity contribution in [1.82, 2.24) is 0 Å². The van der Waals surface area contributed by atoms with Crippen molar-refractivity contribution in [2.45, 2.75) is 348 Å². The maximum absolute atomic E-state index is 12.9. The molecule has 0 rings (SSSR count). The minimum Gasteiger partial charge on any atom is -0.462 e. The lowest BCUT2D eigenvalue weighted by Gasteiger charge is -2.18. The maximum Gasteiger partial charge on any atom is 0.306 e. The summed E-state index contributed by atoms with van der Waals surface area (Å²) in [6, 6.07) is 0. The highest BCUT2D eigenvalue weighted by Gasteiger charge is 2.19. The van der Waals surface area contributed by atoms with E-state index in [1.165, 1.54) is 205 Å². The van der Waals surface area contributed by atoms with Crippen LogP contribution in [-0.4, -0.2) is 37.2 Å². The molecule has 1 unspecified atom stereocenters. The van der Waals surface area contributed by atoms with Crippen LogP contribution in [0.5, 0.6) is 0 Å². The summed E-state index contributed by atoms with van der Waals surface area (Å²) >= 11 is 0. The third kappa shape index (κ3) is 65.3. The zero-order chi connectivity index (χ0) is 57.1. The Morgan fingerprint density at radius 1 is 0.266 bits per heavy atom. The fraction of sp³-hybridized carbons (Fsp3) is 0.767. The van der Waals surface area contributed by atoms with E-state index in [2.05, 4.69) is 106 Å². The molecule has 0 heterocycles. The van der Waals surface area contributed by atoms with Gasteiger partial charge in [-0.3, -0.25) is 14.4 Å². The van der Waals surface area contributed by atoms with Crippen LogP contribution >= 0.6 is 0 Å². The van der Waals surface area contributed by atoms with Crippen molar-refractivity contribution in [3.8, 4) is 0 Å². The molecule has 0 aromatic rings. The molecule has 0 aromatic carbocycles. The molecule has 0 aliphatic rings. The first-order valence-electron chi connectivity index (χ1n) is 34.1. The summed E-state index contributed by atoms with van der Waals surface area (Å²) in [7, 11) is 0. The molecule has 79 heavy (non-hydrogen) atoms. The van der Waals surface area contributed by atoms with Crippen molar-refractivity contribution in [3.05, 3.63) is 85.1 Å². The van der Waals surface area contributed by atoms with Gasteiger partial charge in [0.05, 0.1) is 0 Å². The van der Waals surface area contributed by atoms with E-state index in [4.69, 9.17) is 14.2 Å². The maximum atomic E-state index is 12.9. The number of rotatable bonds is 62. The van der Waals surface area contributed by atoms with Crippen molar-refractivity contribution in [2.75, 3.05) is 13.2 Å². The van der Waals surface area contributed by atoms with Crippen LogP contribution in [0.3, 0.4) is 0 Å². The fourth-order valence-electron chi connectivity index (χ4n) is 9.80. The number of ether oxygens (including phenoxy) is 3. The molecule has 0 amide bonds. The van der Waals surface area contributed by atoms with Gasteiger partial charge in [0.25, 0.3) is 0 Å². The van der Waals surface area contributed by atoms with Gasteiger partial charge in [0.15, 0.2) is 6.10 Å². The first kappa shape index (κ1) is 75.6. The molecule has 6 heteroatoms. The van der Waals surface area contributed by atoms with E-state index in [1.807, 2.05) is 0 Å². The summed E-state index contributed by atoms with van der Waals surface area (Å²) in [4.78, 5) is 38.2. The minimum atomic E-state index is -0.774. The van der Waals surface area contributed by atoms with E-state index in [1.54, 1.807) is 0 Å². The van der Waals surface area contributed by atoms with E-state index in [-0.39, 0.29) is 31.1 Å². The Balaban J connectivity index is 4.04. The highest BCUT2D eigenvalue weighted by atomic mass is 16.6. The molecule has 0 saturated heterocycles. The molecule has 0 aliphatic carbocycles. The van der Waals surface area contributed by atoms with Crippen LogP contribution in [0.2, 0.25) is 0 Å². The van der Waals surface area contributed by atoms with Crippen molar-refractivity contribution in [1.29, 1.82) is 0 Å². The van der Waals surface area contributed by atoms with Crippen molar-refractivity contribution < 1.29 is 28.6 Å². The highest BCUT2D eigenvalue weighted by Crippen LogP contribution is 2.17. The molecule has 0 radical (unpaired) electrons. The average Bonchev–Trinajstić information content (AvgIpc) is 3.45. The van der Waals surface area contributed by atoms with Crippen molar-refractivity contribution >= 4 is 17.9 Å². The van der Waals surface area contributed by atoms with Crippen LogP contribution in [0, 0.1) is 0 Å². The Morgan fingerprint density at radius 2 is 0.494 bits per heavy atom. The van der Waals surface area contributed by atoms with Gasteiger partial charge < -0.3 is 14.2 Å². The summed E-state index contributed by atoms with van der Waals surface area (Å²) in [5.74, 6) is -0.866. The van der Waals surface area contributed by atoms with Crippen LogP contribution in [0.1, 0.15) is 342 Å². The lowest BCUT2D eigenvalue weighted by molar-refractivity contribution is -0.167. The first-order chi connectivity index (χ1) is 39.0. The smallest absolute Gasteiger partial charge is 0.306 e. The van der Waals surface area contributed by atoms with Crippen molar-refractivity contribution in [3.63, 3.8) is 0 Å². The zero-order valence-electron chi connectivity index (χ0n) is 52.4.